The molecule has 2 N–H and O–H groups in total. The number of tetrazole rings is 1. The summed E-state index contributed by atoms with van der Waals surface area (Å²) in [6.45, 7) is 0. The van der Waals surface area contributed by atoms with Gasteiger partial charge in [0.25, 0.3) is 5.91 Å². The summed E-state index contributed by atoms with van der Waals surface area (Å²) >= 11 is 1.21. The lowest BCUT2D eigenvalue weighted by Crippen LogP contribution is -2.20. The van der Waals surface area contributed by atoms with E-state index in [4.69, 9.17) is 0 Å². The highest BCUT2D eigenvalue weighted by Gasteiger charge is 2.10. The molecule has 0 saturated carbocycles. The minimum atomic E-state index is -0.275. The van der Waals surface area contributed by atoms with Gasteiger partial charge in [-0.05, 0) is 52.4 Å². The lowest BCUT2D eigenvalue weighted by molar-refractivity contribution is -0.118. The third-order valence-electron chi connectivity index (χ3n) is 3.07. The summed E-state index contributed by atoms with van der Waals surface area (Å²) < 4.78 is 1.57. The molecule has 0 unspecified atom stereocenters. The van der Waals surface area contributed by atoms with Gasteiger partial charge in [-0.2, -0.15) is 9.78 Å². The number of hydrazone groups is 1. The number of phenolic OH excluding ortho intramolecular Hbond substituents is 1. The second kappa shape index (κ2) is 8.06. The fourth-order valence-electron chi connectivity index (χ4n) is 1.90. The van der Waals surface area contributed by atoms with Crippen molar-refractivity contribution in [2.45, 2.75) is 5.16 Å². The van der Waals surface area contributed by atoms with Crippen molar-refractivity contribution >= 4 is 23.9 Å². The third-order valence-corrected chi connectivity index (χ3v) is 3.99. The zero-order valence-electron chi connectivity index (χ0n) is 13.0. The first kappa shape index (κ1) is 16.7. The number of carbonyl (C=O) groups excluding carboxylic acids is 1. The summed E-state index contributed by atoms with van der Waals surface area (Å²) in [5.74, 6) is 0.0245. The number of rotatable bonds is 6. The molecule has 0 aliphatic rings. The number of para-hydroxylation sites is 1. The quantitative estimate of drug-likeness (QED) is 0.396. The van der Waals surface area contributed by atoms with E-state index in [1.165, 1.54) is 18.0 Å². The average Bonchev–Trinajstić information content (AvgIpc) is 3.11. The minimum absolute atomic E-state index is 0.125. The number of amides is 1. The Bertz CT molecular complexity index is 864. The zero-order valence-corrected chi connectivity index (χ0v) is 13.8. The van der Waals surface area contributed by atoms with Crippen molar-refractivity contribution in [2.75, 3.05) is 5.75 Å². The van der Waals surface area contributed by atoms with E-state index in [9.17, 15) is 9.90 Å². The third kappa shape index (κ3) is 4.64. The van der Waals surface area contributed by atoms with Crippen LogP contribution in [0.1, 0.15) is 5.56 Å². The number of aromatic hydroxyl groups is 1. The molecule has 9 heteroatoms. The first-order valence-electron chi connectivity index (χ1n) is 7.30. The van der Waals surface area contributed by atoms with Crippen molar-refractivity contribution in [1.29, 1.82) is 0 Å². The van der Waals surface area contributed by atoms with Crippen molar-refractivity contribution in [2.24, 2.45) is 5.10 Å². The second-order valence-corrected chi connectivity index (χ2v) is 5.82. The molecule has 0 aliphatic carbocycles. The van der Waals surface area contributed by atoms with E-state index in [-0.39, 0.29) is 17.4 Å². The number of carbonyl (C=O) groups is 1. The van der Waals surface area contributed by atoms with Crippen LogP contribution in [-0.4, -0.2) is 43.2 Å². The Hall–Kier alpha value is -3.20. The summed E-state index contributed by atoms with van der Waals surface area (Å²) in [6, 6.07) is 15.9. The number of benzene rings is 2. The van der Waals surface area contributed by atoms with E-state index in [2.05, 4.69) is 26.1 Å². The number of thioether (sulfide) groups is 1. The first-order chi connectivity index (χ1) is 12.2. The normalized spacial score (nSPS) is 10.9. The fourth-order valence-corrected chi connectivity index (χ4v) is 2.58. The zero-order chi connectivity index (χ0) is 17.5. The highest BCUT2D eigenvalue weighted by atomic mass is 32.2. The van der Waals surface area contributed by atoms with E-state index in [0.29, 0.717) is 5.16 Å². The Labute approximate surface area is 147 Å². The lowest BCUT2D eigenvalue weighted by atomic mass is 10.2. The predicted molar refractivity (Wildman–Crippen MR) is 93.7 cm³/mol. The molecule has 1 aromatic heterocycles. The van der Waals surface area contributed by atoms with Crippen LogP contribution in [0.3, 0.4) is 0 Å². The largest absolute Gasteiger partial charge is 0.508 e. The number of phenols is 1. The van der Waals surface area contributed by atoms with Crippen molar-refractivity contribution in [3.05, 3.63) is 60.2 Å². The molecule has 8 nitrogen and oxygen atoms in total. The van der Waals surface area contributed by atoms with Gasteiger partial charge in [0.1, 0.15) is 5.75 Å². The Morgan fingerprint density at radius 1 is 1.20 bits per heavy atom. The van der Waals surface area contributed by atoms with E-state index < -0.39 is 0 Å². The van der Waals surface area contributed by atoms with Gasteiger partial charge in [0.05, 0.1) is 17.7 Å². The molecule has 0 spiro atoms. The van der Waals surface area contributed by atoms with Gasteiger partial charge < -0.3 is 5.11 Å². The summed E-state index contributed by atoms with van der Waals surface area (Å²) in [7, 11) is 0. The Balaban J connectivity index is 1.53. The lowest BCUT2D eigenvalue weighted by Gasteiger charge is -2.03. The van der Waals surface area contributed by atoms with Gasteiger partial charge in [0.2, 0.25) is 5.16 Å². The molecule has 126 valence electrons. The summed E-state index contributed by atoms with van der Waals surface area (Å²) in [5, 5.41) is 25.1. The summed E-state index contributed by atoms with van der Waals surface area (Å²) in [4.78, 5) is 11.9. The number of hydrogen-bond donors (Lipinski definition) is 2. The Morgan fingerprint density at radius 3 is 2.72 bits per heavy atom. The number of nitrogens with zero attached hydrogens (tertiary/aromatic N) is 5. The van der Waals surface area contributed by atoms with Crippen LogP contribution in [0.4, 0.5) is 0 Å². The topological polar surface area (TPSA) is 105 Å². The maximum Gasteiger partial charge on any atom is 0.250 e. The standard InChI is InChI=1S/C16H14N6O2S/c23-14-8-6-12(7-9-14)10-17-18-15(24)11-25-16-19-20-21-22(16)13-4-2-1-3-5-13/h1-10,23H,11H2,(H,18,24)/b17-10-. The molecule has 1 heterocycles. The van der Waals surface area contributed by atoms with Gasteiger partial charge in [-0.3, -0.25) is 4.79 Å². The van der Waals surface area contributed by atoms with Gasteiger partial charge in [0, 0.05) is 0 Å². The van der Waals surface area contributed by atoms with Crippen LogP contribution in [0, 0.1) is 0 Å². The van der Waals surface area contributed by atoms with Crippen LogP contribution in [-0.2, 0) is 4.79 Å². The first-order valence-corrected chi connectivity index (χ1v) is 8.28. The maximum absolute atomic E-state index is 11.9. The van der Waals surface area contributed by atoms with Crippen LogP contribution in [0.15, 0.2) is 64.9 Å². The fraction of sp³-hybridized carbons (Fsp3) is 0.0625. The van der Waals surface area contributed by atoms with E-state index >= 15 is 0 Å². The van der Waals surface area contributed by atoms with E-state index in [0.717, 1.165) is 11.3 Å². The van der Waals surface area contributed by atoms with Crippen LogP contribution in [0.5, 0.6) is 5.75 Å². The highest BCUT2D eigenvalue weighted by Crippen LogP contribution is 2.17. The van der Waals surface area contributed by atoms with Crippen molar-refractivity contribution in [3.8, 4) is 11.4 Å². The number of nitrogens with one attached hydrogen (secondary N) is 1. The molecule has 0 bridgehead atoms. The molecule has 1 amide bonds. The van der Waals surface area contributed by atoms with Crippen LogP contribution in [0.25, 0.3) is 5.69 Å². The van der Waals surface area contributed by atoms with Crippen molar-refractivity contribution < 1.29 is 9.90 Å². The van der Waals surface area contributed by atoms with Crippen LogP contribution in [0.2, 0.25) is 0 Å². The molecular weight excluding hydrogens is 340 g/mol. The predicted octanol–water partition coefficient (Wildman–Crippen LogP) is 1.61. The van der Waals surface area contributed by atoms with Gasteiger partial charge in [-0.15, -0.1) is 5.10 Å². The van der Waals surface area contributed by atoms with Gasteiger partial charge >= 0.3 is 0 Å². The smallest absolute Gasteiger partial charge is 0.250 e. The average molecular weight is 354 g/mol. The molecule has 0 radical (unpaired) electrons. The Morgan fingerprint density at radius 2 is 1.96 bits per heavy atom. The molecule has 0 saturated heterocycles. The van der Waals surface area contributed by atoms with Crippen LogP contribution >= 0.6 is 11.8 Å². The maximum atomic E-state index is 11.9. The number of aromatic nitrogens is 4. The summed E-state index contributed by atoms with van der Waals surface area (Å²) in [5.41, 5.74) is 4.02. The van der Waals surface area contributed by atoms with E-state index in [1.54, 1.807) is 28.9 Å². The Kier molecular flexibility index (Phi) is 5.37. The monoisotopic (exact) mass is 354 g/mol. The molecular formula is C16H14N6O2S. The highest BCUT2D eigenvalue weighted by molar-refractivity contribution is 7.99. The molecule has 2 aromatic carbocycles. The van der Waals surface area contributed by atoms with Gasteiger partial charge in [-0.25, -0.2) is 5.43 Å². The van der Waals surface area contributed by atoms with E-state index in [1.807, 2.05) is 30.3 Å². The summed E-state index contributed by atoms with van der Waals surface area (Å²) in [6.07, 6.45) is 1.50. The molecule has 3 aromatic rings. The SMILES string of the molecule is O=C(CSc1nnnn1-c1ccccc1)N/N=C\c1ccc(O)cc1. The molecule has 3 rings (SSSR count). The van der Waals surface area contributed by atoms with Crippen LogP contribution < -0.4 is 5.43 Å². The molecule has 25 heavy (non-hydrogen) atoms. The van der Waals surface area contributed by atoms with Crippen molar-refractivity contribution in [3.63, 3.8) is 0 Å². The second-order valence-electron chi connectivity index (χ2n) is 4.88. The molecule has 0 atom stereocenters. The number of hydrogen-bond acceptors (Lipinski definition) is 7. The molecule has 0 fully saturated rings. The van der Waals surface area contributed by atoms with Gasteiger partial charge in [0.15, 0.2) is 0 Å². The molecule has 0 aliphatic heterocycles. The van der Waals surface area contributed by atoms with Gasteiger partial charge in [-0.1, -0.05) is 30.0 Å². The minimum Gasteiger partial charge on any atom is -0.508 e. The van der Waals surface area contributed by atoms with Crippen molar-refractivity contribution in [1.82, 2.24) is 25.6 Å².